The monoisotopic (exact) mass is 583 g/mol. The van der Waals surface area contributed by atoms with Gasteiger partial charge in [0.1, 0.15) is 11.4 Å². The van der Waals surface area contributed by atoms with Gasteiger partial charge in [0.2, 0.25) is 5.91 Å². The maximum Gasteiger partial charge on any atom is 0.419 e. The van der Waals surface area contributed by atoms with E-state index in [9.17, 15) is 27.2 Å². The summed E-state index contributed by atoms with van der Waals surface area (Å²) in [6.07, 6.45) is -2.12. The minimum absolute atomic E-state index is 0.0320. The Bertz CT molecular complexity index is 1870. The molecule has 3 aromatic carbocycles. The second-order valence-corrected chi connectivity index (χ2v) is 9.41. The molecule has 0 fully saturated rings. The summed E-state index contributed by atoms with van der Waals surface area (Å²) in [6.45, 7) is 1.76. The molecular formula is C28H18ClF4N5O3. The average Bonchev–Trinajstić information content (AvgIpc) is 3.44. The van der Waals surface area contributed by atoms with Crippen molar-refractivity contribution in [2.75, 3.05) is 5.32 Å². The Morgan fingerprint density at radius 3 is 2.66 bits per heavy atom. The number of benzene rings is 3. The molecule has 0 unspecified atom stereocenters. The molecule has 41 heavy (non-hydrogen) atoms. The van der Waals surface area contributed by atoms with Crippen molar-refractivity contribution in [1.29, 1.82) is 0 Å². The fourth-order valence-electron chi connectivity index (χ4n) is 4.26. The first-order valence-electron chi connectivity index (χ1n) is 11.9. The van der Waals surface area contributed by atoms with E-state index in [1.54, 1.807) is 49.4 Å². The van der Waals surface area contributed by atoms with Crippen LogP contribution in [-0.2, 0) is 17.4 Å². The van der Waals surface area contributed by atoms with Gasteiger partial charge in [-0.2, -0.15) is 13.2 Å². The third-order valence-electron chi connectivity index (χ3n) is 6.14. The van der Waals surface area contributed by atoms with Crippen LogP contribution < -0.4 is 10.9 Å². The number of aryl methyl sites for hydroxylation is 1. The predicted molar refractivity (Wildman–Crippen MR) is 145 cm³/mol. The zero-order valence-corrected chi connectivity index (χ0v) is 21.8. The number of anilines is 1. The van der Waals surface area contributed by atoms with Crippen LogP contribution in [-0.4, -0.2) is 26.5 Å². The number of amides is 1. The molecule has 0 spiro atoms. The lowest BCUT2D eigenvalue weighted by Crippen LogP contribution is -2.21. The highest BCUT2D eigenvalue weighted by Gasteiger charge is 2.34. The number of nitrogens with zero attached hydrogens (tertiary/aromatic N) is 3. The van der Waals surface area contributed by atoms with Gasteiger partial charge in [-0.15, -0.1) is 5.10 Å². The van der Waals surface area contributed by atoms with Gasteiger partial charge in [-0.25, -0.2) is 14.3 Å². The largest absolute Gasteiger partial charge is 0.422 e. The minimum Gasteiger partial charge on any atom is -0.422 e. The second kappa shape index (κ2) is 11.0. The van der Waals surface area contributed by atoms with E-state index in [0.717, 1.165) is 6.07 Å². The van der Waals surface area contributed by atoms with E-state index < -0.39 is 35.5 Å². The summed E-state index contributed by atoms with van der Waals surface area (Å²) < 4.78 is 58.7. The quantitative estimate of drug-likeness (QED) is 0.176. The number of nitrogens with one attached hydrogen (secondary N) is 2. The second-order valence-electron chi connectivity index (χ2n) is 9.00. The first kappa shape index (κ1) is 27.7. The first-order valence-corrected chi connectivity index (χ1v) is 12.3. The summed E-state index contributed by atoms with van der Waals surface area (Å²) in [4.78, 5) is 26.2. The molecule has 5 aromatic rings. The van der Waals surface area contributed by atoms with E-state index >= 15 is 0 Å². The van der Waals surface area contributed by atoms with E-state index in [4.69, 9.17) is 16.0 Å². The molecule has 0 saturated heterocycles. The van der Waals surface area contributed by atoms with Gasteiger partial charge in [0.25, 0.3) is 0 Å². The van der Waals surface area contributed by atoms with Crippen LogP contribution in [0.25, 0.3) is 34.2 Å². The Kier molecular flexibility index (Phi) is 7.41. The molecule has 13 heteroatoms. The average molecular weight is 584 g/mol. The summed E-state index contributed by atoms with van der Waals surface area (Å²) in [5.41, 5.74) is -0.138. The van der Waals surface area contributed by atoms with Crippen LogP contribution in [0.15, 0.2) is 63.8 Å². The van der Waals surface area contributed by atoms with Crippen LogP contribution in [0.1, 0.15) is 28.1 Å². The lowest BCUT2D eigenvalue weighted by molar-refractivity contribution is -0.140. The molecule has 2 N–H and O–H groups in total. The maximum atomic E-state index is 13.7. The van der Waals surface area contributed by atoms with Crippen molar-refractivity contribution >= 4 is 46.3 Å². The molecule has 208 valence electrons. The number of rotatable bonds is 6. The summed E-state index contributed by atoms with van der Waals surface area (Å²) in [5, 5.41) is 16.6. The summed E-state index contributed by atoms with van der Waals surface area (Å²) in [5.74, 6) is -1.87. The molecule has 5 rings (SSSR count). The van der Waals surface area contributed by atoms with E-state index in [2.05, 4.69) is 25.9 Å². The Hall–Kier alpha value is -4.84. The highest BCUT2D eigenvalue weighted by Crippen LogP contribution is 2.35. The Labute approximate surface area is 233 Å². The fraction of sp³-hybridized carbons (Fsp3) is 0.107. The highest BCUT2D eigenvalue weighted by atomic mass is 35.5. The molecule has 8 nitrogen and oxygen atoms in total. The molecule has 0 saturated carbocycles. The van der Waals surface area contributed by atoms with E-state index in [-0.39, 0.29) is 16.8 Å². The molecule has 0 radical (unpaired) electrons. The van der Waals surface area contributed by atoms with Crippen LogP contribution in [0.2, 0.25) is 5.02 Å². The SMILES string of the molecule is Cc1cc2c(-c3cccc(C=Cc4nnn[nH]4)c3)c(CC(=O)Nc3ccc(F)c(C(F)(F)F)c3)c(=O)oc2cc1Cl. The number of aromatic nitrogens is 4. The maximum absolute atomic E-state index is 13.7. The molecule has 2 heterocycles. The predicted octanol–water partition coefficient (Wildman–Crippen LogP) is 6.44. The van der Waals surface area contributed by atoms with Crippen molar-refractivity contribution in [2.24, 2.45) is 0 Å². The van der Waals surface area contributed by atoms with Crippen LogP contribution in [0.5, 0.6) is 0 Å². The van der Waals surface area contributed by atoms with Gasteiger partial charge >= 0.3 is 11.8 Å². The standard InChI is InChI=1S/C28H18ClF4N5O3/c1-14-9-18-23(13-21(14)29)41-27(40)19(12-25(39)34-17-6-7-22(30)20(11-17)28(31,32)33)26(18)16-4-2-3-15(10-16)5-8-24-35-37-38-36-24/h2-11,13H,12H2,1H3,(H,34,39)(H,35,36,37,38). The Balaban J connectivity index is 1.58. The van der Waals surface area contributed by atoms with E-state index in [0.29, 0.717) is 50.6 Å². The van der Waals surface area contributed by atoms with Gasteiger partial charge < -0.3 is 9.73 Å². The van der Waals surface area contributed by atoms with Gasteiger partial charge in [-0.3, -0.25) is 4.79 Å². The summed E-state index contributed by atoms with van der Waals surface area (Å²) in [6, 6.07) is 12.4. The van der Waals surface area contributed by atoms with Gasteiger partial charge in [0, 0.05) is 27.7 Å². The molecular weight excluding hydrogens is 566 g/mol. The van der Waals surface area contributed by atoms with Crippen LogP contribution in [0.3, 0.4) is 0 Å². The number of hydrogen-bond donors (Lipinski definition) is 2. The van der Waals surface area contributed by atoms with Crippen molar-refractivity contribution < 1.29 is 26.8 Å². The smallest absolute Gasteiger partial charge is 0.419 e. The van der Waals surface area contributed by atoms with Gasteiger partial charge in [0.15, 0.2) is 5.82 Å². The van der Waals surface area contributed by atoms with Crippen molar-refractivity contribution in [3.8, 4) is 11.1 Å². The molecule has 0 atom stereocenters. The van der Waals surface area contributed by atoms with Gasteiger partial charge in [-0.05, 0) is 70.4 Å². The number of alkyl halides is 3. The number of halogens is 5. The van der Waals surface area contributed by atoms with Crippen LogP contribution in [0.4, 0.5) is 23.2 Å². The molecule has 0 aliphatic rings. The van der Waals surface area contributed by atoms with E-state index in [1.165, 1.54) is 6.07 Å². The molecule has 1 amide bonds. The molecule has 0 aliphatic heterocycles. The summed E-state index contributed by atoms with van der Waals surface area (Å²) >= 11 is 6.26. The number of tetrazole rings is 1. The number of fused-ring (bicyclic) bond motifs is 1. The zero-order valence-electron chi connectivity index (χ0n) is 21.0. The molecule has 2 aromatic heterocycles. The Morgan fingerprint density at radius 2 is 1.93 bits per heavy atom. The topological polar surface area (TPSA) is 114 Å². The molecule has 0 bridgehead atoms. The fourth-order valence-corrected chi connectivity index (χ4v) is 4.41. The first-order chi connectivity index (χ1) is 19.5. The summed E-state index contributed by atoms with van der Waals surface area (Å²) in [7, 11) is 0. The number of aromatic amines is 1. The molecule has 0 aliphatic carbocycles. The number of carbonyl (C=O) groups is 1. The van der Waals surface area contributed by atoms with Gasteiger partial charge in [-0.1, -0.05) is 35.9 Å². The Morgan fingerprint density at radius 1 is 1.12 bits per heavy atom. The lowest BCUT2D eigenvalue weighted by atomic mass is 9.93. The van der Waals surface area contributed by atoms with E-state index in [1.807, 2.05) is 0 Å². The van der Waals surface area contributed by atoms with Crippen molar-refractivity contribution in [2.45, 2.75) is 19.5 Å². The van der Waals surface area contributed by atoms with Crippen molar-refractivity contribution in [3.63, 3.8) is 0 Å². The minimum atomic E-state index is -4.96. The normalized spacial score (nSPS) is 11.9. The van der Waals surface area contributed by atoms with Gasteiger partial charge in [0.05, 0.1) is 17.5 Å². The number of hydrogen-bond acceptors (Lipinski definition) is 6. The zero-order chi connectivity index (χ0) is 29.3. The number of carbonyl (C=O) groups excluding carboxylic acids is 1. The third kappa shape index (κ3) is 6.02. The highest BCUT2D eigenvalue weighted by molar-refractivity contribution is 6.32. The van der Waals surface area contributed by atoms with Crippen molar-refractivity contribution in [3.05, 3.63) is 104 Å². The number of H-pyrrole nitrogens is 1. The van der Waals surface area contributed by atoms with Crippen LogP contribution in [0, 0.1) is 12.7 Å². The third-order valence-corrected chi connectivity index (χ3v) is 6.55. The lowest BCUT2D eigenvalue weighted by Gasteiger charge is -2.14. The van der Waals surface area contributed by atoms with Crippen LogP contribution >= 0.6 is 11.6 Å². The van der Waals surface area contributed by atoms with Crippen molar-refractivity contribution in [1.82, 2.24) is 20.6 Å².